The van der Waals surface area contributed by atoms with Crippen molar-refractivity contribution < 1.29 is 19.7 Å². The van der Waals surface area contributed by atoms with Gasteiger partial charge in [0.05, 0.1) is 5.56 Å². The molecule has 0 bridgehead atoms. The zero-order valence-corrected chi connectivity index (χ0v) is 28.9. The minimum atomic E-state index is -2.26. The number of hydrogen-bond acceptors (Lipinski definition) is 3. The van der Waals surface area contributed by atoms with Crippen molar-refractivity contribution in [1.29, 1.82) is 0 Å². The first-order valence-electron chi connectivity index (χ1n) is 15.9. The molecule has 0 aromatic heterocycles. The molecule has 2 heterocycles. The van der Waals surface area contributed by atoms with Gasteiger partial charge in [-0.05, 0) is 139 Å². The van der Waals surface area contributed by atoms with Crippen LogP contribution < -0.4 is 30.3 Å². The van der Waals surface area contributed by atoms with Gasteiger partial charge in [-0.1, -0.05) is 32.2 Å². The number of carboxylic acids is 1. The van der Waals surface area contributed by atoms with Crippen LogP contribution in [0.25, 0.3) is 5.57 Å². The third-order valence-electron chi connectivity index (χ3n) is 10.2. The third kappa shape index (κ3) is 5.00. The predicted molar refractivity (Wildman–Crippen MR) is 185 cm³/mol. The number of ether oxygens (including phenoxy) is 1. The number of phenolic OH excluding ortho intramolecular Hbond substituents is 1. The highest BCUT2D eigenvalue weighted by atomic mass is 28.3. The summed E-state index contributed by atoms with van der Waals surface area (Å²) in [5.74, 6) is 1.26. The van der Waals surface area contributed by atoms with E-state index >= 15 is 0 Å². The van der Waals surface area contributed by atoms with E-state index in [4.69, 9.17) is 4.74 Å². The van der Waals surface area contributed by atoms with E-state index in [1.54, 1.807) is 12.1 Å². The summed E-state index contributed by atoms with van der Waals surface area (Å²) in [6.45, 7) is 20.9. The molecule has 2 aliphatic heterocycles. The summed E-state index contributed by atoms with van der Waals surface area (Å²) >= 11 is 0. The predicted octanol–water partition coefficient (Wildman–Crippen LogP) is 5.99. The van der Waals surface area contributed by atoms with Crippen molar-refractivity contribution in [3.05, 3.63) is 110 Å². The molecule has 0 saturated carbocycles. The Hall–Kier alpha value is -4.16. The molecule has 4 aromatic rings. The zero-order chi connectivity index (χ0) is 32.6. The molecule has 0 fully saturated rings. The molecule has 6 rings (SSSR count). The summed E-state index contributed by atoms with van der Waals surface area (Å²) in [7, 11) is -2.26. The number of aryl methyl sites for hydroxylation is 3. The first kappa shape index (κ1) is 30.8. The molecule has 2 aliphatic rings. The largest absolute Gasteiger partial charge is 0.507 e. The number of rotatable bonds is 5. The Kier molecular flexibility index (Phi) is 7.35. The Morgan fingerprint density at radius 2 is 1.58 bits per heavy atom. The molecule has 2 N–H and O–H groups in total. The van der Waals surface area contributed by atoms with Gasteiger partial charge in [0.2, 0.25) is 5.36 Å². The molecule has 5 nitrogen and oxygen atoms in total. The van der Waals surface area contributed by atoms with E-state index in [0.717, 1.165) is 46.5 Å². The van der Waals surface area contributed by atoms with E-state index in [2.05, 4.69) is 69.6 Å². The average Bonchev–Trinajstić information content (AvgIpc) is 2.96. The van der Waals surface area contributed by atoms with Crippen molar-refractivity contribution in [1.82, 2.24) is 4.58 Å². The van der Waals surface area contributed by atoms with Crippen LogP contribution in [0.4, 0.5) is 0 Å². The Balaban J connectivity index is 1.67. The number of aromatic hydroxyl groups is 1. The molecule has 0 spiro atoms. The quantitative estimate of drug-likeness (QED) is 0.213. The van der Waals surface area contributed by atoms with Crippen molar-refractivity contribution in [3.63, 3.8) is 0 Å². The van der Waals surface area contributed by atoms with Crippen LogP contribution >= 0.6 is 0 Å². The Labute approximate surface area is 267 Å². The van der Waals surface area contributed by atoms with Crippen molar-refractivity contribution in [2.75, 3.05) is 6.54 Å². The fourth-order valence-electron chi connectivity index (χ4n) is 7.94. The smallest absolute Gasteiger partial charge is 0.335 e. The number of phenols is 1. The van der Waals surface area contributed by atoms with E-state index in [1.165, 1.54) is 32.1 Å². The average molecular weight is 619 g/mol. The third-order valence-corrected chi connectivity index (χ3v) is 13.7. The van der Waals surface area contributed by atoms with Crippen LogP contribution in [0.3, 0.4) is 0 Å². The minimum absolute atomic E-state index is 0.0604. The number of aromatic carboxylic acids is 1. The Morgan fingerprint density at radius 3 is 2.20 bits per heavy atom. The maximum atomic E-state index is 11.8. The van der Waals surface area contributed by atoms with Crippen molar-refractivity contribution in [2.24, 2.45) is 0 Å². The van der Waals surface area contributed by atoms with Crippen LogP contribution in [0.2, 0.25) is 13.1 Å². The summed E-state index contributed by atoms with van der Waals surface area (Å²) in [5.41, 5.74) is 7.66. The van der Waals surface area contributed by atoms with Gasteiger partial charge in [0.1, 0.15) is 31.9 Å². The molecule has 0 aliphatic carbocycles. The molecular weight excluding hydrogens is 575 g/mol. The summed E-state index contributed by atoms with van der Waals surface area (Å²) in [4.78, 5) is 11.8. The fraction of sp³-hybridized carbons (Fsp3) is 0.333. The van der Waals surface area contributed by atoms with Gasteiger partial charge >= 0.3 is 5.97 Å². The molecule has 0 radical (unpaired) electrons. The van der Waals surface area contributed by atoms with E-state index in [-0.39, 0.29) is 5.54 Å². The standard InChI is InChI=1S/C39H43NO4Si/c1-10-40-33-20-35-32(19-31(33)25(5)21-39(40,6)7)36(29-13-11-26(38(42)43)15-22(29)2)30-14-12-27(18-34(30)45(35,8)9)44-28-16-23(3)37(41)24(4)17-28/h11-20,25H,10,21H2,1-9H3,(H-,41,42,43)/p+1. The van der Waals surface area contributed by atoms with Crippen LogP contribution in [0, 0.1) is 20.8 Å². The fourth-order valence-corrected chi connectivity index (χ4v) is 11.0. The minimum Gasteiger partial charge on any atom is -0.507 e. The van der Waals surface area contributed by atoms with Gasteiger partial charge < -0.3 is 14.9 Å². The molecular formula is C39H44NO4Si+. The first-order chi connectivity index (χ1) is 21.1. The summed E-state index contributed by atoms with van der Waals surface area (Å²) in [5, 5.41) is 25.3. The van der Waals surface area contributed by atoms with E-state index in [9.17, 15) is 15.0 Å². The van der Waals surface area contributed by atoms with E-state index in [0.29, 0.717) is 23.0 Å². The highest BCUT2D eigenvalue weighted by Crippen LogP contribution is 2.34. The monoisotopic (exact) mass is 618 g/mol. The molecule has 1 unspecified atom stereocenters. The maximum absolute atomic E-state index is 11.8. The van der Waals surface area contributed by atoms with Crippen LogP contribution in [-0.2, 0) is 0 Å². The number of hydrogen-bond donors (Lipinski definition) is 2. The lowest BCUT2D eigenvalue weighted by Crippen LogP contribution is -2.65. The molecule has 232 valence electrons. The van der Waals surface area contributed by atoms with Gasteiger partial charge in [0.15, 0.2) is 5.54 Å². The Morgan fingerprint density at radius 1 is 0.911 bits per heavy atom. The van der Waals surface area contributed by atoms with Gasteiger partial charge in [-0.3, -0.25) is 0 Å². The lowest BCUT2D eigenvalue weighted by atomic mass is 9.82. The van der Waals surface area contributed by atoms with E-state index < -0.39 is 14.0 Å². The summed E-state index contributed by atoms with van der Waals surface area (Å²) in [6.07, 6.45) is 1.09. The van der Waals surface area contributed by atoms with Gasteiger partial charge in [0, 0.05) is 18.1 Å². The van der Waals surface area contributed by atoms with Crippen LogP contribution in [-0.4, -0.2) is 36.3 Å². The molecule has 0 saturated heterocycles. The van der Waals surface area contributed by atoms with E-state index in [1.807, 2.05) is 45.0 Å². The maximum Gasteiger partial charge on any atom is 0.335 e. The second kappa shape index (κ2) is 10.7. The Bertz CT molecular complexity index is 2020. The molecule has 0 amide bonds. The van der Waals surface area contributed by atoms with Crippen molar-refractivity contribution in [3.8, 4) is 17.2 Å². The van der Waals surface area contributed by atoms with Crippen LogP contribution in [0.1, 0.15) is 83.8 Å². The second-order valence-corrected chi connectivity index (χ2v) is 18.5. The van der Waals surface area contributed by atoms with Gasteiger partial charge in [-0.15, -0.1) is 0 Å². The second-order valence-electron chi connectivity index (χ2n) is 14.2. The number of benzene rings is 4. The van der Waals surface area contributed by atoms with Crippen LogP contribution in [0.15, 0.2) is 60.7 Å². The number of carboxylic acid groups (broad SMARTS) is 1. The van der Waals surface area contributed by atoms with Crippen molar-refractivity contribution in [2.45, 2.75) is 79.4 Å². The molecule has 4 aromatic carbocycles. The lowest BCUT2D eigenvalue weighted by molar-refractivity contribution is 0.0696. The normalized spacial score (nSPS) is 17.8. The molecule has 1 atom stereocenters. The summed E-state index contributed by atoms with van der Waals surface area (Å²) < 4.78 is 9.02. The van der Waals surface area contributed by atoms with Gasteiger partial charge in [0.25, 0.3) is 0 Å². The topological polar surface area (TPSA) is 69.8 Å². The number of fused-ring (bicyclic) bond motifs is 3. The zero-order valence-electron chi connectivity index (χ0n) is 27.9. The highest BCUT2D eigenvalue weighted by Gasteiger charge is 2.41. The first-order valence-corrected chi connectivity index (χ1v) is 18.9. The lowest BCUT2D eigenvalue weighted by Gasteiger charge is -2.36. The molecule has 6 heteroatoms. The number of nitrogens with zero attached hydrogens (tertiary/aromatic N) is 1. The number of carbonyl (C=O) groups is 1. The van der Waals surface area contributed by atoms with Crippen LogP contribution in [0.5, 0.6) is 17.2 Å². The van der Waals surface area contributed by atoms with Crippen molar-refractivity contribution >= 4 is 30.0 Å². The molecule has 45 heavy (non-hydrogen) atoms. The summed E-state index contributed by atoms with van der Waals surface area (Å²) in [6, 6.07) is 20.6. The van der Waals surface area contributed by atoms with Gasteiger partial charge in [-0.2, -0.15) is 0 Å². The SMILES string of the molecule is CC[N+]1=c2cc3c(cc2C(C)CC1(C)C)=C(c1ccc(C(=O)O)cc1C)c1ccc(Oc2cc(C)c(O)c(C)c2)cc1[Si]3(C)C. The van der Waals surface area contributed by atoms with Gasteiger partial charge in [-0.25, -0.2) is 9.37 Å². The highest BCUT2D eigenvalue weighted by molar-refractivity contribution is 7.01.